The van der Waals surface area contributed by atoms with Crippen molar-refractivity contribution in [3.63, 3.8) is 0 Å². The van der Waals surface area contributed by atoms with E-state index in [1.165, 1.54) is 6.20 Å². The number of aromatic nitrogens is 1. The lowest BCUT2D eigenvalue weighted by Gasteiger charge is -2.09. The van der Waals surface area contributed by atoms with Crippen molar-refractivity contribution in [2.75, 3.05) is 5.32 Å². The molecule has 0 fully saturated rings. The molecule has 3 N–H and O–H groups in total. The van der Waals surface area contributed by atoms with E-state index in [9.17, 15) is 4.79 Å². The molecule has 82 valence electrons. The molecule has 0 saturated carbocycles. The Hall–Kier alpha value is -1.13. The highest BCUT2D eigenvalue weighted by molar-refractivity contribution is 6.33. The Balaban J connectivity index is 2.55. The summed E-state index contributed by atoms with van der Waals surface area (Å²) >= 11 is 5.85. The van der Waals surface area contributed by atoms with Gasteiger partial charge in [0, 0.05) is 18.7 Å². The summed E-state index contributed by atoms with van der Waals surface area (Å²) in [5.41, 5.74) is 6.18. The molecule has 1 aromatic heterocycles. The average molecular weight is 228 g/mol. The van der Waals surface area contributed by atoms with Gasteiger partial charge in [0.25, 0.3) is 0 Å². The van der Waals surface area contributed by atoms with Crippen LogP contribution >= 0.6 is 11.6 Å². The Morgan fingerprint density at radius 3 is 3.07 bits per heavy atom. The fourth-order valence-corrected chi connectivity index (χ4v) is 1.21. The molecule has 1 atom stereocenters. The van der Waals surface area contributed by atoms with E-state index in [-0.39, 0.29) is 11.9 Å². The van der Waals surface area contributed by atoms with Crippen molar-refractivity contribution < 1.29 is 4.79 Å². The standard InChI is InChI=1S/C10H14ClN3O/c1-2-7(12)5-10(15)14-9-6-13-4-3-8(9)11/h3-4,6-7H,2,5,12H2,1H3,(H,14,15). The average Bonchev–Trinajstić information content (AvgIpc) is 2.21. The number of anilines is 1. The van der Waals surface area contributed by atoms with Crippen molar-refractivity contribution in [1.82, 2.24) is 4.98 Å². The Kier molecular flexibility index (Phi) is 4.52. The molecule has 0 bridgehead atoms. The topological polar surface area (TPSA) is 68.0 Å². The maximum absolute atomic E-state index is 11.5. The number of carbonyl (C=O) groups excluding carboxylic acids is 1. The van der Waals surface area contributed by atoms with Crippen LogP contribution in [0.5, 0.6) is 0 Å². The molecule has 0 aliphatic rings. The van der Waals surface area contributed by atoms with Gasteiger partial charge in [0.2, 0.25) is 5.91 Å². The number of nitrogens with two attached hydrogens (primary N) is 1. The van der Waals surface area contributed by atoms with Crippen molar-refractivity contribution in [3.8, 4) is 0 Å². The monoisotopic (exact) mass is 227 g/mol. The van der Waals surface area contributed by atoms with Crippen LogP contribution in [0.3, 0.4) is 0 Å². The van der Waals surface area contributed by atoms with E-state index < -0.39 is 0 Å². The van der Waals surface area contributed by atoms with Crippen molar-refractivity contribution in [2.24, 2.45) is 5.73 Å². The largest absolute Gasteiger partial charge is 0.327 e. The number of halogens is 1. The third kappa shape index (κ3) is 3.85. The lowest BCUT2D eigenvalue weighted by Crippen LogP contribution is -2.26. The van der Waals surface area contributed by atoms with E-state index in [4.69, 9.17) is 17.3 Å². The van der Waals surface area contributed by atoms with Crippen LogP contribution in [0.4, 0.5) is 5.69 Å². The SMILES string of the molecule is CCC(N)CC(=O)Nc1cnccc1Cl. The van der Waals surface area contributed by atoms with E-state index in [0.717, 1.165) is 6.42 Å². The molecule has 0 aliphatic carbocycles. The van der Waals surface area contributed by atoms with Gasteiger partial charge < -0.3 is 11.1 Å². The van der Waals surface area contributed by atoms with Gasteiger partial charge in [-0.05, 0) is 12.5 Å². The Morgan fingerprint density at radius 2 is 2.47 bits per heavy atom. The third-order valence-electron chi connectivity index (χ3n) is 2.01. The maximum atomic E-state index is 11.5. The van der Waals surface area contributed by atoms with Gasteiger partial charge in [-0.3, -0.25) is 9.78 Å². The van der Waals surface area contributed by atoms with Crippen molar-refractivity contribution in [2.45, 2.75) is 25.8 Å². The minimum Gasteiger partial charge on any atom is -0.327 e. The Labute approximate surface area is 93.8 Å². The van der Waals surface area contributed by atoms with Crippen LogP contribution < -0.4 is 11.1 Å². The van der Waals surface area contributed by atoms with Gasteiger partial charge in [0.15, 0.2) is 0 Å². The molecule has 1 rings (SSSR count). The summed E-state index contributed by atoms with van der Waals surface area (Å²) < 4.78 is 0. The number of nitrogens with zero attached hydrogens (tertiary/aromatic N) is 1. The van der Waals surface area contributed by atoms with E-state index in [1.807, 2.05) is 6.92 Å². The Morgan fingerprint density at radius 1 is 1.73 bits per heavy atom. The zero-order valence-electron chi connectivity index (χ0n) is 8.53. The van der Waals surface area contributed by atoms with Gasteiger partial charge in [-0.2, -0.15) is 0 Å². The van der Waals surface area contributed by atoms with Crippen LogP contribution in [-0.4, -0.2) is 16.9 Å². The number of hydrogen-bond donors (Lipinski definition) is 2. The molecule has 0 aromatic carbocycles. The predicted molar refractivity (Wildman–Crippen MR) is 60.8 cm³/mol. The quantitative estimate of drug-likeness (QED) is 0.824. The minimum absolute atomic E-state index is 0.111. The number of rotatable bonds is 4. The first-order chi connectivity index (χ1) is 7.13. The zero-order valence-corrected chi connectivity index (χ0v) is 9.29. The first kappa shape index (κ1) is 11.9. The summed E-state index contributed by atoms with van der Waals surface area (Å²) in [5.74, 6) is -0.140. The highest BCUT2D eigenvalue weighted by Crippen LogP contribution is 2.19. The van der Waals surface area contributed by atoms with Crippen LogP contribution in [0, 0.1) is 0 Å². The van der Waals surface area contributed by atoms with Crippen LogP contribution in [0.1, 0.15) is 19.8 Å². The molecule has 1 aromatic rings. The van der Waals surface area contributed by atoms with E-state index in [0.29, 0.717) is 17.1 Å². The summed E-state index contributed by atoms with van der Waals surface area (Å²) in [4.78, 5) is 15.3. The molecule has 0 aliphatic heterocycles. The zero-order chi connectivity index (χ0) is 11.3. The van der Waals surface area contributed by atoms with Crippen molar-refractivity contribution >= 4 is 23.2 Å². The smallest absolute Gasteiger partial charge is 0.226 e. The fraction of sp³-hybridized carbons (Fsp3) is 0.400. The second-order valence-electron chi connectivity index (χ2n) is 3.28. The van der Waals surface area contributed by atoms with Gasteiger partial charge in [0.05, 0.1) is 16.9 Å². The molecule has 15 heavy (non-hydrogen) atoms. The van der Waals surface area contributed by atoms with Crippen LogP contribution in [0.2, 0.25) is 5.02 Å². The molecule has 1 amide bonds. The van der Waals surface area contributed by atoms with Gasteiger partial charge in [-0.25, -0.2) is 0 Å². The molecule has 0 spiro atoms. The van der Waals surface area contributed by atoms with Crippen LogP contribution in [0.15, 0.2) is 18.5 Å². The van der Waals surface area contributed by atoms with Gasteiger partial charge >= 0.3 is 0 Å². The minimum atomic E-state index is -0.140. The maximum Gasteiger partial charge on any atom is 0.226 e. The molecule has 4 nitrogen and oxygen atoms in total. The molecule has 0 saturated heterocycles. The highest BCUT2D eigenvalue weighted by atomic mass is 35.5. The van der Waals surface area contributed by atoms with Gasteiger partial charge in [-0.1, -0.05) is 18.5 Å². The van der Waals surface area contributed by atoms with Crippen LogP contribution in [-0.2, 0) is 4.79 Å². The van der Waals surface area contributed by atoms with E-state index >= 15 is 0 Å². The summed E-state index contributed by atoms with van der Waals surface area (Å²) in [6.45, 7) is 1.94. The summed E-state index contributed by atoms with van der Waals surface area (Å²) in [6.07, 6.45) is 4.14. The van der Waals surface area contributed by atoms with Gasteiger partial charge in [-0.15, -0.1) is 0 Å². The number of pyridine rings is 1. The number of nitrogens with one attached hydrogen (secondary N) is 1. The molecule has 1 heterocycles. The van der Waals surface area contributed by atoms with E-state index in [1.54, 1.807) is 12.3 Å². The number of carbonyl (C=O) groups is 1. The van der Waals surface area contributed by atoms with Crippen LogP contribution in [0.25, 0.3) is 0 Å². The number of amides is 1. The number of hydrogen-bond acceptors (Lipinski definition) is 3. The van der Waals surface area contributed by atoms with E-state index in [2.05, 4.69) is 10.3 Å². The molecular weight excluding hydrogens is 214 g/mol. The highest BCUT2D eigenvalue weighted by Gasteiger charge is 2.09. The lowest BCUT2D eigenvalue weighted by atomic mass is 10.1. The first-order valence-electron chi connectivity index (χ1n) is 4.78. The fourth-order valence-electron chi connectivity index (χ4n) is 1.05. The summed E-state index contributed by atoms with van der Waals surface area (Å²) in [5, 5.41) is 3.14. The normalized spacial score (nSPS) is 12.2. The summed E-state index contributed by atoms with van der Waals surface area (Å²) in [6, 6.07) is 1.51. The molecule has 5 heteroatoms. The lowest BCUT2D eigenvalue weighted by molar-refractivity contribution is -0.116. The molecular formula is C10H14ClN3O. The molecule has 0 radical (unpaired) electrons. The second-order valence-corrected chi connectivity index (χ2v) is 3.68. The Bertz CT molecular complexity index is 343. The van der Waals surface area contributed by atoms with Crippen molar-refractivity contribution in [1.29, 1.82) is 0 Å². The molecule has 1 unspecified atom stereocenters. The first-order valence-corrected chi connectivity index (χ1v) is 5.16. The predicted octanol–water partition coefficient (Wildman–Crippen LogP) is 1.80. The summed E-state index contributed by atoms with van der Waals surface area (Å²) in [7, 11) is 0. The second kappa shape index (κ2) is 5.68. The van der Waals surface area contributed by atoms with Gasteiger partial charge in [0.1, 0.15) is 0 Å². The third-order valence-corrected chi connectivity index (χ3v) is 2.34. The van der Waals surface area contributed by atoms with Crippen molar-refractivity contribution in [3.05, 3.63) is 23.5 Å².